The molecule has 0 saturated carbocycles. The first-order valence-corrected chi connectivity index (χ1v) is 8.20. The van der Waals surface area contributed by atoms with Crippen molar-refractivity contribution in [3.8, 4) is 0 Å². The fourth-order valence-electron chi connectivity index (χ4n) is 2.37. The van der Waals surface area contributed by atoms with Crippen molar-refractivity contribution in [1.29, 1.82) is 0 Å². The number of nitrogens with zero attached hydrogens (tertiary/aromatic N) is 3. The van der Waals surface area contributed by atoms with E-state index in [0.717, 1.165) is 5.69 Å². The molecular weight excluding hydrogens is 333 g/mol. The molecule has 3 rings (SSSR count). The monoisotopic (exact) mass is 351 g/mol. The van der Waals surface area contributed by atoms with Crippen LogP contribution in [0.3, 0.4) is 0 Å². The van der Waals surface area contributed by atoms with E-state index in [1.807, 2.05) is 18.2 Å². The molecule has 0 unspecified atom stereocenters. The minimum absolute atomic E-state index is 0.230. The van der Waals surface area contributed by atoms with Crippen molar-refractivity contribution in [2.75, 3.05) is 11.9 Å². The summed E-state index contributed by atoms with van der Waals surface area (Å²) in [6.07, 6.45) is 3.50. The van der Waals surface area contributed by atoms with E-state index in [4.69, 9.17) is 0 Å². The number of carbonyl (C=O) groups excluding carboxylic acids is 1. The molecule has 0 fully saturated rings. The van der Waals surface area contributed by atoms with E-state index in [9.17, 15) is 9.18 Å². The van der Waals surface area contributed by atoms with Gasteiger partial charge in [0.25, 0.3) is 5.91 Å². The first-order chi connectivity index (χ1) is 12.7. The number of hydrogen-bond donors (Lipinski definition) is 2. The molecule has 0 atom stereocenters. The average molecular weight is 351 g/mol. The molecule has 7 heteroatoms. The lowest BCUT2D eigenvalue weighted by Gasteiger charge is -2.08. The highest BCUT2D eigenvalue weighted by Gasteiger charge is 2.09. The molecule has 0 aliphatic heterocycles. The Kier molecular flexibility index (Phi) is 5.82. The number of amides is 1. The molecule has 6 nitrogen and oxygen atoms in total. The highest BCUT2D eigenvalue weighted by atomic mass is 19.1. The summed E-state index contributed by atoms with van der Waals surface area (Å²) in [5.41, 5.74) is 1.64. The van der Waals surface area contributed by atoms with Crippen LogP contribution in [0, 0.1) is 5.82 Å². The molecule has 0 spiro atoms. The van der Waals surface area contributed by atoms with Gasteiger partial charge in [-0.15, -0.1) is 0 Å². The van der Waals surface area contributed by atoms with Crippen molar-refractivity contribution >= 4 is 11.7 Å². The maximum atomic E-state index is 13.6. The smallest absolute Gasteiger partial charge is 0.270 e. The van der Waals surface area contributed by atoms with Gasteiger partial charge in [0.05, 0.1) is 12.2 Å². The molecule has 0 aliphatic carbocycles. The molecule has 1 aromatic carbocycles. The fourth-order valence-corrected chi connectivity index (χ4v) is 2.37. The molecule has 132 valence electrons. The van der Waals surface area contributed by atoms with E-state index in [0.29, 0.717) is 30.9 Å². The second-order valence-corrected chi connectivity index (χ2v) is 5.56. The van der Waals surface area contributed by atoms with Crippen molar-refractivity contribution in [3.63, 3.8) is 0 Å². The van der Waals surface area contributed by atoms with Gasteiger partial charge in [-0.05, 0) is 30.2 Å². The number of benzene rings is 1. The maximum absolute atomic E-state index is 13.6. The van der Waals surface area contributed by atoms with Crippen molar-refractivity contribution in [1.82, 2.24) is 20.3 Å². The third kappa shape index (κ3) is 4.83. The normalized spacial score (nSPS) is 10.3. The van der Waals surface area contributed by atoms with Crippen LogP contribution in [0.2, 0.25) is 0 Å². The van der Waals surface area contributed by atoms with Gasteiger partial charge in [-0.25, -0.2) is 14.4 Å². The van der Waals surface area contributed by atoms with Gasteiger partial charge in [0, 0.05) is 18.8 Å². The third-order valence-corrected chi connectivity index (χ3v) is 3.71. The zero-order valence-corrected chi connectivity index (χ0v) is 14.0. The van der Waals surface area contributed by atoms with E-state index >= 15 is 0 Å². The lowest BCUT2D eigenvalue weighted by molar-refractivity contribution is 0.0945. The molecule has 0 bridgehead atoms. The van der Waals surface area contributed by atoms with E-state index in [1.54, 1.807) is 30.5 Å². The van der Waals surface area contributed by atoms with Crippen LogP contribution >= 0.6 is 0 Å². The number of rotatable bonds is 7. The van der Waals surface area contributed by atoms with Gasteiger partial charge in [-0.1, -0.05) is 24.3 Å². The van der Waals surface area contributed by atoms with Crippen LogP contribution in [0.4, 0.5) is 10.2 Å². The molecule has 3 aromatic rings. The summed E-state index contributed by atoms with van der Waals surface area (Å²) in [5, 5.41) is 5.84. The third-order valence-electron chi connectivity index (χ3n) is 3.71. The number of pyridine rings is 1. The predicted molar refractivity (Wildman–Crippen MR) is 96.0 cm³/mol. The number of carbonyl (C=O) groups is 1. The standard InChI is InChI=1S/C19H18FN5O/c20-16-7-2-1-5-14(16)8-10-22-18-11-17(24-13-25-18)19(26)23-12-15-6-3-4-9-21-15/h1-7,9,11,13H,8,10,12H2,(H,23,26)(H,22,24,25). The molecule has 0 aliphatic rings. The van der Waals surface area contributed by atoms with Crippen molar-refractivity contribution < 1.29 is 9.18 Å². The minimum atomic E-state index is -0.310. The highest BCUT2D eigenvalue weighted by molar-refractivity contribution is 5.92. The summed E-state index contributed by atoms with van der Waals surface area (Å²) in [6, 6.07) is 13.7. The summed E-state index contributed by atoms with van der Waals surface area (Å²) in [6.45, 7) is 0.812. The van der Waals surface area contributed by atoms with Gasteiger partial charge in [0.15, 0.2) is 0 Å². The fraction of sp³-hybridized carbons (Fsp3) is 0.158. The van der Waals surface area contributed by atoms with Crippen molar-refractivity contribution in [2.45, 2.75) is 13.0 Å². The summed E-state index contributed by atoms with van der Waals surface area (Å²) >= 11 is 0. The van der Waals surface area contributed by atoms with Gasteiger partial charge < -0.3 is 10.6 Å². The zero-order valence-electron chi connectivity index (χ0n) is 14.0. The highest BCUT2D eigenvalue weighted by Crippen LogP contribution is 2.09. The molecule has 2 N–H and O–H groups in total. The zero-order chi connectivity index (χ0) is 18.2. The molecule has 0 radical (unpaired) electrons. The predicted octanol–water partition coefficient (Wildman–Crippen LogP) is 2.60. The molecular formula is C19H18FN5O. The van der Waals surface area contributed by atoms with E-state index in [-0.39, 0.29) is 17.4 Å². The van der Waals surface area contributed by atoms with Crippen LogP contribution < -0.4 is 10.6 Å². The average Bonchev–Trinajstić information content (AvgIpc) is 2.69. The summed E-state index contributed by atoms with van der Waals surface area (Å²) < 4.78 is 13.6. The van der Waals surface area contributed by atoms with Gasteiger partial charge in [-0.2, -0.15) is 0 Å². The van der Waals surface area contributed by atoms with Crippen LogP contribution in [0.5, 0.6) is 0 Å². The number of anilines is 1. The van der Waals surface area contributed by atoms with E-state index in [1.165, 1.54) is 12.4 Å². The van der Waals surface area contributed by atoms with Crippen molar-refractivity contribution in [3.05, 3.63) is 83.8 Å². The van der Waals surface area contributed by atoms with Crippen LogP contribution in [0.1, 0.15) is 21.7 Å². The Morgan fingerprint density at radius 1 is 1.04 bits per heavy atom. The quantitative estimate of drug-likeness (QED) is 0.684. The summed E-state index contributed by atoms with van der Waals surface area (Å²) in [7, 11) is 0. The Labute approximate surface area is 150 Å². The Bertz CT molecular complexity index is 873. The molecule has 2 aromatic heterocycles. The number of hydrogen-bond acceptors (Lipinski definition) is 5. The van der Waals surface area contributed by atoms with E-state index < -0.39 is 0 Å². The first kappa shape index (κ1) is 17.5. The lowest BCUT2D eigenvalue weighted by atomic mass is 10.1. The molecule has 2 heterocycles. The number of nitrogens with one attached hydrogen (secondary N) is 2. The topological polar surface area (TPSA) is 79.8 Å². The second kappa shape index (κ2) is 8.66. The van der Waals surface area contributed by atoms with Crippen molar-refractivity contribution in [2.24, 2.45) is 0 Å². The Hall–Kier alpha value is -3.35. The Morgan fingerprint density at radius 3 is 2.69 bits per heavy atom. The maximum Gasteiger partial charge on any atom is 0.270 e. The summed E-state index contributed by atoms with van der Waals surface area (Å²) in [4.78, 5) is 24.4. The van der Waals surface area contributed by atoms with Crippen LogP contribution in [0.25, 0.3) is 0 Å². The van der Waals surface area contributed by atoms with Gasteiger partial charge in [0.2, 0.25) is 0 Å². The number of halogens is 1. The van der Waals surface area contributed by atoms with Gasteiger partial charge in [0.1, 0.15) is 23.7 Å². The lowest BCUT2D eigenvalue weighted by Crippen LogP contribution is -2.24. The largest absolute Gasteiger partial charge is 0.370 e. The van der Waals surface area contributed by atoms with Crippen LogP contribution in [-0.4, -0.2) is 27.4 Å². The molecule has 26 heavy (non-hydrogen) atoms. The van der Waals surface area contributed by atoms with Crippen LogP contribution in [-0.2, 0) is 13.0 Å². The number of aromatic nitrogens is 3. The molecule has 1 amide bonds. The second-order valence-electron chi connectivity index (χ2n) is 5.56. The summed E-state index contributed by atoms with van der Waals surface area (Å²) in [5.74, 6) is -0.0268. The Balaban J connectivity index is 1.54. The van der Waals surface area contributed by atoms with Gasteiger partial charge >= 0.3 is 0 Å². The Morgan fingerprint density at radius 2 is 1.88 bits per heavy atom. The van der Waals surface area contributed by atoms with E-state index in [2.05, 4.69) is 25.6 Å². The van der Waals surface area contributed by atoms with Crippen LogP contribution in [0.15, 0.2) is 61.1 Å². The first-order valence-electron chi connectivity index (χ1n) is 8.20. The molecule has 0 saturated heterocycles. The minimum Gasteiger partial charge on any atom is -0.370 e. The van der Waals surface area contributed by atoms with Gasteiger partial charge in [-0.3, -0.25) is 9.78 Å². The SMILES string of the molecule is O=C(NCc1ccccn1)c1cc(NCCc2ccccc2F)ncn1.